The second kappa shape index (κ2) is 6.12. The van der Waals surface area contributed by atoms with Gasteiger partial charge < -0.3 is 5.73 Å². The van der Waals surface area contributed by atoms with Crippen molar-refractivity contribution in [1.29, 1.82) is 0 Å². The molecule has 0 radical (unpaired) electrons. The van der Waals surface area contributed by atoms with Crippen LogP contribution >= 0.6 is 15.9 Å². The molecule has 2 aromatic rings. The van der Waals surface area contributed by atoms with Crippen molar-refractivity contribution in [2.75, 3.05) is 6.54 Å². The van der Waals surface area contributed by atoms with Crippen molar-refractivity contribution in [3.05, 3.63) is 69.9 Å². The van der Waals surface area contributed by atoms with Crippen LogP contribution in [0.2, 0.25) is 0 Å². The maximum absolute atomic E-state index is 13.6. The maximum atomic E-state index is 13.6. The maximum Gasteiger partial charge on any atom is 0.126 e. The van der Waals surface area contributed by atoms with Crippen molar-refractivity contribution < 1.29 is 4.39 Å². The summed E-state index contributed by atoms with van der Waals surface area (Å²) in [5, 5.41) is 0. The third kappa shape index (κ3) is 3.18. The summed E-state index contributed by atoms with van der Waals surface area (Å²) in [6.45, 7) is 0.505. The number of halogens is 2. The zero-order chi connectivity index (χ0) is 13.0. The molecule has 0 bridgehead atoms. The Balaban J connectivity index is 2.23. The van der Waals surface area contributed by atoms with Crippen molar-refractivity contribution in [1.82, 2.24) is 0 Å². The molecule has 1 unspecified atom stereocenters. The third-order valence-corrected chi connectivity index (χ3v) is 3.52. The van der Waals surface area contributed by atoms with Gasteiger partial charge in [-0.1, -0.05) is 46.3 Å². The van der Waals surface area contributed by atoms with E-state index in [-0.39, 0.29) is 11.7 Å². The molecular formula is C15H15BrFN. The lowest BCUT2D eigenvalue weighted by Gasteiger charge is -2.16. The van der Waals surface area contributed by atoms with E-state index in [9.17, 15) is 4.39 Å². The van der Waals surface area contributed by atoms with Gasteiger partial charge in [0.15, 0.2) is 0 Å². The minimum absolute atomic E-state index is 0.138. The van der Waals surface area contributed by atoms with E-state index in [0.29, 0.717) is 18.5 Å². The van der Waals surface area contributed by atoms with Gasteiger partial charge in [-0.2, -0.15) is 0 Å². The molecule has 0 aliphatic heterocycles. The lowest BCUT2D eigenvalue weighted by molar-refractivity contribution is 0.590. The van der Waals surface area contributed by atoms with Crippen LogP contribution in [-0.4, -0.2) is 6.54 Å². The summed E-state index contributed by atoms with van der Waals surface area (Å²) in [4.78, 5) is 0. The van der Waals surface area contributed by atoms with Crippen LogP contribution in [0.3, 0.4) is 0 Å². The van der Waals surface area contributed by atoms with E-state index in [1.165, 1.54) is 6.07 Å². The Hall–Kier alpha value is -1.19. The van der Waals surface area contributed by atoms with E-state index in [1.807, 2.05) is 36.4 Å². The highest BCUT2D eigenvalue weighted by Gasteiger charge is 2.13. The topological polar surface area (TPSA) is 26.0 Å². The summed E-state index contributed by atoms with van der Waals surface area (Å²) in [5.41, 5.74) is 7.67. The number of benzene rings is 2. The minimum atomic E-state index is -0.161. The SMILES string of the molecule is NCC(Cc1ccccc1F)c1cccc(Br)c1. The van der Waals surface area contributed by atoms with Gasteiger partial charge >= 0.3 is 0 Å². The number of hydrogen-bond acceptors (Lipinski definition) is 1. The van der Waals surface area contributed by atoms with E-state index in [4.69, 9.17) is 5.73 Å². The number of nitrogens with two attached hydrogens (primary N) is 1. The van der Waals surface area contributed by atoms with Gasteiger partial charge in [-0.15, -0.1) is 0 Å². The quantitative estimate of drug-likeness (QED) is 0.911. The van der Waals surface area contributed by atoms with Crippen LogP contribution in [0, 0.1) is 5.82 Å². The molecule has 2 rings (SSSR count). The zero-order valence-electron chi connectivity index (χ0n) is 9.94. The normalized spacial score (nSPS) is 12.4. The van der Waals surface area contributed by atoms with Crippen LogP contribution in [0.25, 0.3) is 0 Å². The van der Waals surface area contributed by atoms with Crippen LogP contribution in [-0.2, 0) is 6.42 Å². The Bertz CT molecular complexity index is 527. The largest absolute Gasteiger partial charge is 0.330 e. The van der Waals surface area contributed by atoms with Gasteiger partial charge in [-0.3, -0.25) is 0 Å². The molecule has 1 nitrogen and oxygen atoms in total. The van der Waals surface area contributed by atoms with Gasteiger partial charge in [-0.25, -0.2) is 4.39 Å². The molecule has 94 valence electrons. The average Bonchev–Trinajstić information content (AvgIpc) is 2.38. The lowest BCUT2D eigenvalue weighted by atomic mass is 9.92. The van der Waals surface area contributed by atoms with Gasteiger partial charge in [0, 0.05) is 10.4 Å². The van der Waals surface area contributed by atoms with E-state index < -0.39 is 0 Å². The molecule has 2 N–H and O–H groups in total. The van der Waals surface area contributed by atoms with Gasteiger partial charge in [0.1, 0.15) is 5.82 Å². The fourth-order valence-electron chi connectivity index (χ4n) is 2.03. The van der Waals surface area contributed by atoms with E-state index in [2.05, 4.69) is 15.9 Å². The molecular weight excluding hydrogens is 293 g/mol. The molecule has 0 aliphatic carbocycles. The summed E-state index contributed by atoms with van der Waals surface area (Å²) < 4.78 is 14.7. The molecule has 0 saturated carbocycles. The predicted molar refractivity (Wildman–Crippen MR) is 76.0 cm³/mol. The first-order valence-corrected chi connectivity index (χ1v) is 6.69. The highest BCUT2D eigenvalue weighted by Crippen LogP contribution is 2.24. The van der Waals surface area contributed by atoms with Crippen molar-refractivity contribution in [2.24, 2.45) is 5.73 Å². The monoisotopic (exact) mass is 307 g/mol. The van der Waals surface area contributed by atoms with Crippen LogP contribution in [0.5, 0.6) is 0 Å². The smallest absolute Gasteiger partial charge is 0.126 e. The Morgan fingerprint density at radius 3 is 2.56 bits per heavy atom. The Morgan fingerprint density at radius 2 is 1.89 bits per heavy atom. The molecule has 0 spiro atoms. The van der Waals surface area contributed by atoms with Crippen LogP contribution in [0.1, 0.15) is 17.0 Å². The van der Waals surface area contributed by atoms with Crippen LogP contribution in [0.15, 0.2) is 53.0 Å². The first kappa shape index (κ1) is 13.2. The van der Waals surface area contributed by atoms with Gasteiger partial charge in [-0.05, 0) is 42.3 Å². The van der Waals surface area contributed by atoms with Crippen LogP contribution < -0.4 is 5.73 Å². The number of rotatable bonds is 4. The minimum Gasteiger partial charge on any atom is -0.330 e. The summed E-state index contributed by atoms with van der Waals surface area (Å²) in [7, 11) is 0. The molecule has 0 aromatic heterocycles. The summed E-state index contributed by atoms with van der Waals surface area (Å²) in [6, 6.07) is 14.9. The highest BCUT2D eigenvalue weighted by molar-refractivity contribution is 9.10. The fourth-order valence-corrected chi connectivity index (χ4v) is 2.44. The summed E-state index contributed by atoms with van der Waals surface area (Å²) in [6.07, 6.45) is 0.625. The van der Waals surface area contributed by atoms with Crippen molar-refractivity contribution in [2.45, 2.75) is 12.3 Å². The Labute approximate surface area is 115 Å². The summed E-state index contributed by atoms with van der Waals surface area (Å²) in [5.74, 6) is -0.0228. The molecule has 0 fully saturated rings. The molecule has 0 aliphatic rings. The molecule has 0 amide bonds. The average molecular weight is 308 g/mol. The van der Waals surface area contributed by atoms with Crippen LogP contribution in [0.4, 0.5) is 4.39 Å². The molecule has 2 aromatic carbocycles. The van der Waals surface area contributed by atoms with Gasteiger partial charge in [0.05, 0.1) is 0 Å². The second-order valence-electron chi connectivity index (χ2n) is 4.28. The third-order valence-electron chi connectivity index (χ3n) is 3.03. The Morgan fingerprint density at radius 1 is 1.11 bits per heavy atom. The van der Waals surface area contributed by atoms with Gasteiger partial charge in [0.25, 0.3) is 0 Å². The summed E-state index contributed by atoms with van der Waals surface area (Å²) >= 11 is 3.44. The zero-order valence-corrected chi connectivity index (χ0v) is 11.5. The van der Waals surface area contributed by atoms with Crippen molar-refractivity contribution in [3.8, 4) is 0 Å². The first-order chi connectivity index (χ1) is 8.70. The molecule has 3 heteroatoms. The first-order valence-electron chi connectivity index (χ1n) is 5.89. The molecule has 1 atom stereocenters. The molecule has 0 heterocycles. The van der Waals surface area contributed by atoms with Crippen molar-refractivity contribution >= 4 is 15.9 Å². The molecule has 0 saturated heterocycles. The Kier molecular flexibility index (Phi) is 4.50. The molecule has 18 heavy (non-hydrogen) atoms. The standard InChI is InChI=1S/C15H15BrFN/c16-14-6-3-5-11(9-14)13(10-18)8-12-4-1-2-7-15(12)17/h1-7,9,13H,8,10,18H2. The fraction of sp³-hybridized carbons (Fsp3) is 0.200. The predicted octanol–water partition coefficient (Wildman–Crippen LogP) is 3.87. The van der Waals surface area contributed by atoms with E-state index >= 15 is 0 Å². The van der Waals surface area contributed by atoms with E-state index in [0.717, 1.165) is 10.0 Å². The second-order valence-corrected chi connectivity index (χ2v) is 5.20. The highest BCUT2D eigenvalue weighted by atomic mass is 79.9. The lowest BCUT2D eigenvalue weighted by Crippen LogP contribution is -2.15. The number of hydrogen-bond donors (Lipinski definition) is 1. The van der Waals surface area contributed by atoms with E-state index in [1.54, 1.807) is 6.07 Å². The van der Waals surface area contributed by atoms with Gasteiger partial charge in [0.2, 0.25) is 0 Å². The van der Waals surface area contributed by atoms with Crippen molar-refractivity contribution in [3.63, 3.8) is 0 Å².